The number of aliphatic carboxylic acids is 1. The molecular weight excluding hydrogens is 356 g/mol. The molecule has 0 radical (unpaired) electrons. The summed E-state index contributed by atoms with van der Waals surface area (Å²) in [5.74, 6) is -0.135. The van der Waals surface area contributed by atoms with Crippen molar-refractivity contribution in [2.45, 2.75) is 115 Å². The molecule has 3 atom stereocenters. The average molecular weight is 399 g/mol. The van der Waals surface area contributed by atoms with Crippen LogP contribution in [0.5, 0.6) is 0 Å². The number of hydrogen-bond donors (Lipinski definition) is 2. The summed E-state index contributed by atoms with van der Waals surface area (Å²) in [6.07, 6.45) is 13.6. The Bertz CT molecular complexity index is 456. The molecule has 1 saturated carbocycles. The number of carboxylic acids is 1. The highest BCUT2D eigenvalue weighted by atomic mass is 16.7. The Morgan fingerprint density at radius 1 is 1.04 bits per heavy atom. The fraction of sp³-hybridized carbons (Fsp3) is 0.957. The molecular formula is C23H42O5. The van der Waals surface area contributed by atoms with Crippen LogP contribution in [0, 0.1) is 11.8 Å². The summed E-state index contributed by atoms with van der Waals surface area (Å²) in [6.45, 7) is 5.57. The van der Waals surface area contributed by atoms with Crippen molar-refractivity contribution in [2.75, 3.05) is 13.2 Å². The van der Waals surface area contributed by atoms with Crippen LogP contribution >= 0.6 is 0 Å². The first-order valence-electron chi connectivity index (χ1n) is 11.6. The molecule has 0 aromatic carbocycles. The second kappa shape index (κ2) is 11.5. The predicted octanol–water partition coefficient (Wildman–Crippen LogP) is 5.29. The summed E-state index contributed by atoms with van der Waals surface area (Å²) in [7, 11) is 0. The van der Waals surface area contributed by atoms with E-state index in [-0.39, 0.29) is 12.2 Å². The van der Waals surface area contributed by atoms with Crippen molar-refractivity contribution in [1.29, 1.82) is 0 Å². The van der Waals surface area contributed by atoms with E-state index >= 15 is 0 Å². The Morgan fingerprint density at radius 2 is 1.75 bits per heavy atom. The number of carbonyl (C=O) groups is 1. The summed E-state index contributed by atoms with van der Waals surface area (Å²) >= 11 is 0. The lowest BCUT2D eigenvalue weighted by Gasteiger charge is -2.33. The maximum Gasteiger partial charge on any atom is 0.303 e. The monoisotopic (exact) mass is 398 g/mol. The lowest BCUT2D eigenvalue weighted by Crippen LogP contribution is -2.37. The zero-order valence-electron chi connectivity index (χ0n) is 18.1. The fourth-order valence-electron chi connectivity index (χ4n) is 5.13. The van der Waals surface area contributed by atoms with Crippen LogP contribution in [0.25, 0.3) is 0 Å². The highest BCUT2D eigenvalue weighted by molar-refractivity contribution is 5.66. The Morgan fingerprint density at radius 3 is 2.43 bits per heavy atom. The van der Waals surface area contributed by atoms with Crippen molar-refractivity contribution in [1.82, 2.24) is 0 Å². The fourth-order valence-corrected chi connectivity index (χ4v) is 5.13. The lowest BCUT2D eigenvalue weighted by atomic mass is 9.81. The predicted molar refractivity (Wildman–Crippen MR) is 110 cm³/mol. The molecule has 1 aliphatic carbocycles. The Kier molecular flexibility index (Phi) is 9.72. The molecule has 1 saturated heterocycles. The summed E-state index contributed by atoms with van der Waals surface area (Å²) in [4.78, 5) is 10.6. The van der Waals surface area contributed by atoms with E-state index in [1.165, 1.54) is 12.8 Å². The largest absolute Gasteiger partial charge is 0.481 e. The molecule has 2 N–H and O–H groups in total. The van der Waals surface area contributed by atoms with Crippen molar-refractivity contribution in [3.8, 4) is 0 Å². The van der Waals surface area contributed by atoms with Crippen LogP contribution < -0.4 is 0 Å². The molecule has 0 bridgehead atoms. The molecule has 0 unspecified atom stereocenters. The van der Waals surface area contributed by atoms with E-state index in [9.17, 15) is 9.90 Å². The minimum absolute atomic E-state index is 0.273. The molecule has 28 heavy (non-hydrogen) atoms. The lowest BCUT2D eigenvalue weighted by molar-refractivity contribution is -0.188. The van der Waals surface area contributed by atoms with Gasteiger partial charge in [-0.3, -0.25) is 4.79 Å². The van der Waals surface area contributed by atoms with Gasteiger partial charge >= 0.3 is 5.97 Å². The van der Waals surface area contributed by atoms with E-state index in [4.69, 9.17) is 14.6 Å². The van der Waals surface area contributed by atoms with Gasteiger partial charge in [0.2, 0.25) is 0 Å². The van der Waals surface area contributed by atoms with Gasteiger partial charge < -0.3 is 19.7 Å². The van der Waals surface area contributed by atoms with Gasteiger partial charge in [0.05, 0.1) is 18.8 Å². The minimum atomic E-state index is -0.700. The molecule has 5 heteroatoms. The standard InChI is InChI=1S/C23H42O5/c1-3-4-9-14-22(2,26)15-12-19-13-16-23(27-17-18-28-23)20(19)10-7-5-6-8-11-21(24)25/h19-20,26H,3-18H2,1-2H3,(H,24,25)/t19-,20+,22+/m0/s1. The van der Waals surface area contributed by atoms with Crippen molar-refractivity contribution in [3.63, 3.8) is 0 Å². The first-order valence-corrected chi connectivity index (χ1v) is 11.6. The van der Waals surface area contributed by atoms with Gasteiger partial charge in [0.15, 0.2) is 5.79 Å². The molecule has 2 fully saturated rings. The van der Waals surface area contributed by atoms with Crippen LogP contribution in [0.4, 0.5) is 0 Å². The van der Waals surface area contributed by atoms with E-state index < -0.39 is 11.6 Å². The van der Waals surface area contributed by atoms with Crippen LogP contribution in [0.15, 0.2) is 0 Å². The minimum Gasteiger partial charge on any atom is -0.481 e. The van der Waals surface area contributed by atoms with E-state index in [0.717, 1.165) is 70.6 Å². The summed E-state index contributed by atoms with van der Waals surface area (Å²) < 4.78 is 12.2. The van der Waals surface area contributed by atoms with E-state index in [1.54, 1.807) is 0 Å². The number of rotatable bonds is 14. The highest BCUT2D eigenvalue weighted by Gasteiger charge is 2.52. The topological polar surface area (TPSA) is 76.0 Å². The molecule has 2 aliphatic rings. The van der Waals surface area contributed by atoms with Crippen molar-refractivity contribution < 1.29 is 24.5 Å². The Balaban J connectivity index is 1.81. The van der Waals surface area contributed by atoms with Gasteiger partial charge in [0.25, 0.3) is 0 Å². The Hall–Kier alpha value is -0.650. The summed E-state index contributed by atoms with van der Waals surface area (Å²) in [5, 5.41) is 19.5. The van der Waals surface area contributed by atoms with Crippen LogP contribution in [0.2, 0.25) is 0 Å². The van der Waals surface area contributed by atoms with E-state index in [0.29, 0.717) is 25.0 Å². The maximum absolute atomic E-state index is 10.8. The molecule has 1 aliphatic heterocycles. The summed E-state index contributed by atoms with van der Waals surface area (Å²) in [6, 6.07) is 0. The second-order valence-electron chi connectivity index (χ2n) is 9.25. The van der Waals surface area contributed by atoms with Gasteiger partial charge in [-0.05, 0) is 51.4 Å². The smallest absolute Gasteiger partial charge is 0.303 e. The second-order valence-corrected chi connectivity index (χ2v) is 9.25. The maximum atomic E-state index is 10.8. The van der Waals surface area contributed by atoms with E-state index in [1.807, 2.05) is 6.92 Å². The zero-order valence-corrected chi connectivity index (χ0v) is 18.1. The highest BCUT2D eigenvalue weighted by Crippen LogP contribution is 2.50. The third-order valence-corrected chi connectivity index (χ3v) is 6.80. The van der Waals surface area contributed by atoms with Crippen molar-refractivity contribution >= 4 is 5.97 Å². The van der Waals surface area contributed by atoms with Gasteiger partial charge in [-0.25, -0.2) is 0 Å². The molecule has 1 heterocycles. The molecule has 2 rings (SSSR count). The van der Waals surface area contributed by atoms with Crippen molar-refractivity contribution in [3.05, 3.63) is 0 Å². The normalized spacial score (nSPS) is 26.0. The van der Waals surface area contributed by atoms with Gasteiger partial charge in [0.1, 0.15) is 0 Å². The Labute approximate surface area is 171 Å². The summed E-state index contributed by atoms with van der Waals surface area (Å²) in [5.41, 5.74) is -0.566. The van der Waals surface area contributed by atoms with Gasteiger partial charge in [0, 0.05) is 18.8 Å². The number of carboxylic acid groups (broad SMARTS) is 1. The average Bonchev–Trinajstić information content (AvgIpc) is 3.24. The van der Waals surface area contributed by atoms with Crippen LogP contribution in [-0.2, 0) is 14.3 Å². The van der Waals surface area contributed by atoms with Gasteiger partial charge in [-0.2, -0.15) is 0 Å². The molecule has 0 amide bonds. The number of hydrogen-bond acceptors (Lipinski definition) is 4. The van der Waals surface area contributed by atoms with Crippen LogP contribution in [-0.4, -0.2) is 40.8 Å². The first-order chi connectivity index (χ1) is 13.4. The molecule has 164 valence electrons. The van der Waals surface area contributed by atoms with Crippen molar-refractivity contribution in [2.24, 2.45) is 11.8 Å². The van der Waals surface area contributed by atoms with Gasteiger partial charge in [-0.15, -0.1) is 0 Å². The number of ether oxygens (including phenoxy) is 2. The number of aliphatic hydroxyl groups is 1. The van der Waals surface area contributed by atoms with Gasteiger partial charge in [-0.1, -0.05) is 45.4 Å². The molecule has 5 nitrogen and oxygen atoms in total. The van der Waals surface area contributed by atoms with Crippen LogP contribution in [0.1, 0.15) is 104 Å². The zero-order chi connectivity index (χ0) is 20.5. The quantitative estimate of drug-likeness (QED) is 0.389. The molecule has 0 aromatic heterocycles. The van der Waals surface area contributed by atoms with E-state index in [2.05, 4.69) is 6.92 Å². The molecule has 0 aromatic rings. The van der Waals surface area contributed by atoms with Crippen LogP contribution in [0.3, 0.4) is 0 Å². The third-order valence-electron chi connectivity index (χ3n) is 6.80. The third kappa shape index (κ3) is 7.31. The molecule has 1 spiro atoms. The SMILES string of the molecule is CCCCC[C@@](C)(O)CC[C@H]1CCC2(OCCO2)[C@@H]1CCCCCCC(=O)O. The first kappa shape index (κ1) is 23.6. The number of unbranched alkanes of at least 4 members (excludes halogenated alkanes) is 5.